The molecular formula is C10H15NO. The van der Waals surface area contributed by atoms with Crippen molar-refractivity contribution >= 4 is 5.91 Å². The SMILES string of the molecule is CC1=CC(=O)NC2CCCCC12. The highest BCUT2D eigenvalue weighted by Gasteiger charge is 2.30. The smallest absolute Gasteiger partial charge is 0.244 e. The highest BCUT2D eigenvalue weighted by atomic mass is 16.1. The molecule has 12 heavy (non-hydrogen) atoms. The van der Waals surface area contributed by atoms with E-state index in [1.165, 1.54) is 31.3 Å². The van der Waals surface area contributed by atoms with E-state index in [1.54, 1.807) is 6.08 Å². The largest absolute Gasteiger partial charge is 0.349 e. The average Bonchev–Trinajstić information content (AvgIpc) is 2.04. The Labute approximate surface area is 73.0 Å². The van der Waals surface area contributed by atoms with Gasteiger partial charge in [0.1, 0.15) is 0 Å². The molecule has 1 saturated carbocycles. The van der Waals surface area contributed by atoms with Crippen molar-refractivity contribution in [3.63, 3.8) is 0 Å². The van der Waals surface area contributed by atoms with E-state index >= 15 is 0 Å². The molecule has 0 spiro atoms. The van der Waals surface area contributed by atoms with Crippen LogP contribution < -0.4 is 5.32 Å². The second kappa shape index (κ2) is 2.92. The summed E-state index contributed by atoms with van der Waals surface area (Å²) in [6.45, 7) is 2.09. The molecule has 0 bridgehead atoms. The van der Waals surface area contributed by atoms with Gasteiger partial charge >= 0.3 is 0 Å². The first-order valence-electron chi connectivity index (χ1n) is 4.76. The number of rotatable bonds is 0. The average molecular weight is 165 g/mol. The summed E-state index contributed by atoms with van der Waals surface area (Å²) >= 11 is 0. The minimum Gasteiger partial charge on any atom is -0.349 e. The Bertz CT molecular complexity index is 232. The number of carbonyl (C=O) groups is 1. The standard InChI is InChI=1S/C10H15NO/c1-7-6-10(12)11-9-5-3-2-4-8(7)9/h6,8-9H,2-5H2,1H3,(H,11,12). The zero-order valence-corrected chi connectivity index (χ0v) is 7.47. The van der Waals surface area contributed by atoms with E-state index in [0.29, 0.717) is 12.0 Å². The van der Waals surface area contributed by atoms with Gasteiger partial charge in [0.2, 0.25) is 5.91 Å². The lowest BCUT2D eigenvalue weighted by atomic mass is 9.78. The number of hydrogen-bond donors (Lipinski definition) is 1. The maximum atomic E-state index is 11.1. The van der Waals surface area contributed by atoms with E-state index in [2.05, 4.69) is 12.2 Å². The molecule has 1 aliphatic carbocycles. The summed E-state index contributed by atoms with van der Waals surface area (Å²) in [7, 11) is 0. The van der Waals surface area contributed by atoms with Crippen molar-refractivity contribution in [1.82, 2.24) is 5.32 Å². The molecule has 66 valence electrons. The van der Waals surface area contributed by atoms with Gasteiger partial charge in [0, 0.05) is 18.0 Å². The van der Waals surface area contributed by atoms with Crippen LogP contribution in [0.4, 0.5) is 0 Å². The third kappa shape index (κ3) is 1.26. The van der Waals surface area contributed by atoms with Crippen LogP contribution in [-0.2, 0) is 4.79 Å². The molecule has 0 aromatic carbocycles. The molecule has 0 saturated heterocycles. The Kier molecular flexibility index (Phi) is 1.91. The monoisotopic (exact) mass is 165 g/mol. The maximum absolute atomic E-state index is 11.1. The van der Waals surface area contributed by atoms with Gasteiger partial charge < -0.3 is 5.32 Å². The van der Waals surface area contributed by atoms with Crippen LogP contribution in [0.2, 0.25) is 0 Å². The van der Waals surface area contributed by atoms with E-state index in [9.17, 15) is 4.79 Å². The van der Waals surface area contributed by atoms with E-state index < -0.39 is 0 Å². The fourth-order valence-electron chi connectivity index (χ4n) is 2.39. The Morgan fingerprint density at radius 2 is 2.17 bits per heavy atom. The summed E-state index contributed by atoms with van der Waals surface area (Å²) in [4.78, 5) is 11.1. The summed E-state index contributed by atoms with van der Waals surface area (Å²) in [6, 6.07) is 0.441. The number of fused-ring (bicyclic) bond motifs is 1. The Morgan fingerprint density at radius 1 is 1.42 bits per heavy atom. The van der Waals surface area contributed by atoms with Crippen molar-refractivity contribution in [2.45, 2.75) is 38.6 Å². The molecule has 1 aliphatic heterocycles. The van der Waals surface area contributed by atoms with Crippen molar-refractivity contribution in [3.8, 4) is 0 Å². The van der Waals surface area contributed by atoms with Gasteiger partial charge in [-0.25, -0.2) is 0 Å². The summed E-state index contributed by atoms with van der Waals surface area (Å²) in [6.07, 6.45) is 6.78. The third-order valence-electron chi connectivity index (χ3n) is 3.04. The van der Waals surface area contributed by atoms with E-state index in [1.807, 2.05) is 0 Å². The van der Waals surface area contributed by atoms with Crippen LogP contribution in [0, 0.1) is 5.92 Å². The highest BCUT2D eigenvalue weighted by Crippen LogP contribution is 2.31. The van der Waals surface area contributed by atoms with Crippen LogP contribution in [-0.4, -0.2) is 11.9 Å². The fourth-order valence-corrected chi connectivity index (χ4v) is 2.39. The van der Waals surface area contributed by atoms with E-state index in [4.69, 9.17) is 0 Å². The Hall–Kier alpha value is -0.790. The minimum absolute atomic E-state index is 0.107. The minimum atomic E-state index is 0.107. The second-order valence-corrected chi connectivity index (χ2v) is 3.89. The van der Waals surface area contributed by atoms with Crippen LogP contribution in [0.3, 0.4) is 0 Å². The van der Waals surface area contributed by atoms with Crippen LogP contribution in [0.15, 0.2) is 11.6 Å². The Balaban J connectivity index is 2.19. The highest BCUT2D eigenvalue weighted by molar-refractivity contribution is 5.89. The van der Waals surface area contributed by atoms with Gasteiger partial charge in [-0.15, -0.1) is 0 Å². The number of carbonyl (C=O) groups excluding carboxylic acids is 1. The van der Waals surface area contributed by atoms with Crippen LogP contribution in [0.5, 0.6) is 0 Å². The lowest BCUT2D eigenvalue weighted by molar-refractivity contribution is -0.118. The van der Waals surface area contributed by atoms with Gasteiger partial charge in [0.05, 0.1) is 0 Å². The zero-order chi connectivity index (χ0) is 8.55. The second-order valence-electron chi connectivity index (χ2n) is 3.89. The molecule has 2 aliphatic rings. The first-order valence-corrected chi connectivity index (χ1v) is 4.76. The van der Waals surface area contributed by atoms with Gasteiger partial charge in [0.15, 0.2) is 0 Å². The van der Waals surface area contributed by atoms with Gasteiger partial charge in [0.25, 0.3) is 0 Å². The molecule has 2 heteroatoms. The third-order valence-corrected chi connectivity index (χ3v) is 3.04. The zero-order valence-electron chi connectivity index (χ0n) is 7.47. The van der Waals surface area contributed by atoms with Crippen molar-refractivity contribution in [2.75, 3.05) is 0 Å². The van der Waals surface area contributed by atoms with Crippen molar-refractivity contribution < 1.29 is 4.79 Å². The molecule has 2 unspecified atom stereocenters. The number of hydrogen-bond acceptors (Lipinski definition) is 1. The van der Waals surface area contributed by atoms with Crippen molar-refractivity contribution in [3.05, 3.63) is 11.6 Å². The normalized spacial score (nSPS) is 35.1. The van der Waals surface area contributed by atoms with Crippen LogP contribution in [0.25, 0.3) is 0 Å². The van der Waals surface area contributed by atoms with Gasteiger partial charge in [-0.3, -0.25) is 4.79 Å². The molecule has 1 amide bonds. The molecule has 1 fully saturated rings. The topological polar surface area (TPSA) is 29.1 Å². The van der Waals surface area contributed by atoms with Gasteiger partial charge in [-0.05, 0) is 19.8 Å². The molecular weight excluding hydrogens is 150 g/mol. The Morgan fingerprint density at radius 3 is 3.00 bits per heavy atom. The molecule has 1 N–H and O–H groups in total. The molecule has 0 aromatic heterocycles. The van der Waals surface area contributed by atoms with Crippen molar-refractivity contribution in [2.24, 2.45) is 5.92 Å². The number of amides is 1. The molecule has 2 atom stereocenters. The van der Waals surface area contributed by atoms with Crippen molar-refractivity contribution in [1.29, 1.82) is 0 Å². The van der Waals surface area contributed by atoms with E-state index in [0.717, 1.165) is 0 Å². The summed E-state index contributed by atoms with van der Waals surface area (Å²) in [5, 5.41) is 3.03. The lowest BCUT2D eigenvalue weighted by Gasteiger charge is -2.35. The quantitative estimate of drug-likeness (QED) is 0.580. The predicted octanol–water partition coefficient (Wildman–Crippen LogP) is 1.62. The first kappa shape index (κ1) is 7.84. The molecule has 1 heterocycles. The molecule has 0 aromatic rings. The van der Waals surface area contributed by atoms with Gasteiger partial charge in [-0.1, -0.05) is 18.4 Å². The first-order chi connectivity index (χ1) is 5.77. The van der Waals surface area contributed by atoms with Crippen LogP contribution >= 0.6 is 0 Å². The van der Waals surface area contributed by atoms with Crippen LogP contribution in [0.1, 0.15) is 32.6 Å². The summed E-state index contributed by atoms with van der Waals surface area (Å²) in [5.74, 6) is 0.743. The van der Waals surface area contributed by atoms with E-state index in [-0.39, 0.29) is 5.91 Å². The summed E-state index contributed by atoms with van der Waals surface area (Å²) in [5.41, 5.74) is 1.28. The predicted molar refractivity (Wildman–Crippen MR) is 47.6 cm³/mol. The maximum Gasteiger partial charge on any atom is 0.244 e. The molecule has 2 rings (SSSR count). The number of nitrogens with one attached hydrogen (secondary N) is 1. The lowest BCUT2D eigenvalue weighted by Crippen LogP contribution is -2.45. The molecule has 2 nitrogen and oxygen atoms in total. The summed E-state index contributed by atoms with van der Waals surface area (Å²) < 4.78 is 0. The van der Waals surface area contributed by atoms with Gasteiger partial charge in [-0.2, -0.15) is 0 Å². The molecule has 0 radical (unpaired) electrons. The fraction of sp³-hybridized carbons (Fsp3) is 0.700.